The van der Waals surface area contributed by atoms with Crippen LogP contribution in [-0.4, -0.2) is 45.6 Å². The number of carbonyl (C=O) groups is 1. The highest BCUT2D eigenvalue weighted by Crippen LogP contribution is 2.34. The van der Waals surface area contributed by atoms with E-state index in [1.165, 1.54) is 23.9 Å². The van der Waals surface area contributed by atoms with Crippen LogP contribution in [0.1, 0.15) is 5.56 Å². The van der Waals surface area contributed by atoms with Crippen LogP contribution in [-0.2, 0) is 4.79 Å². The summed E-state index contributed by atoms with van der Waals surface area (Å²) in [5, 5.41) is 20.2. The molecule has 1 aromatic heterocycles. The third-order valence-electron chi connectivity index (χ3n) is 5.38. The fourth-order valence-corrected chi connectivity index (χ4v) is 4.28. The minimum atomic E-state index is -0.495. The first-order valence-electron chi connectivity index (χ1n) is 11.3. The number of hydrogen-bond donors (Lipinski definition) is 2. The van der Waals surface area contributed by atoms with Crippen molar-refractivity contribution < 1.29 is 19.2 Å². The summed E-state index contributed by atoms with van der Waals surface area (Å²) in [6, 6.07) is 21.0. The third-order valence-corrected chi connectivity index (χ3v) is 6.31. The van der Waals surface area contributed by atoms with E-state index in [0.717, 1.165) is 11.3 Å². The molecule has 4 aromatic rings. The normalized spacial score (nSPS) is 10.5. The fraction of sp³-hybridized carbons (Fsp3) is 0.115. The number of nitro benzene ring substituents is 1. The average molecular weight is 533 g/mol. The molecule has 3 aromatic carbocycles. The molecular weight excluding hydrogens is 508 g/mol. The molecule has 0 bridgehead atoms. The van der Waals surface area contributed by atoms with E-state index in [4.69, 9.17) is 9.47 Å². The number of para-hydroxylation sites is 1. The number of hydrogen-bond acceptors (Lipinski definition) is 9. The van der Waals surface area contributed by atoms with Gasteiger partial charge in [-0.1, -0.05) is 48.7 Å². The lowest BCUT2D eigenvalue weighted by Gasteiger charge is -2.13. The fourth-order valence-electron chi connectivity index (χ4n) is 3.53. The molecule has 1 heterocycles. The van der Waals surface area contributed by atoms with Gasteiger partial charge in [0.05, 0.1) is 30.6 Å². The van der Waals surface area contributed by atoms with Crippen LogP contribution in [0, 0.1) is 10.1 Å². The van der Waals surface area contributed by atoms with E-state index in [1.54, 1.807) is 32.4 Å². The molecule has 0 saturated carbocycles. The number of benzene rings is 3. The Balaban J connectivity index is 1.50. The number of rotatable bonds is 11. The first-order chi connectivity index (χ1) is 18.4. The molecular formula is C26H24N6O5S. The van der Waals surface area contributed by atoms with Crippen LogP contribution in [0.2, 0.25) is 0 Å². The van der Waals surface area contributed by atoms with Gasteiger partial charge < -0.3 is 9.47 Å². The number of nitro groups is 1. The second kappa shape index (κ2) is 11.9. The molecule has 0 saturated heterocycles. The lowest BCUT2D eigenvalue weighted by atomic mass is 10.1. The van der Waals surface area contributed by atoms with Gasteiger partial charge in [-0.05, 0) is 30.3 Å². The average Bonchev–Trinajstić information content (AvgIpc) is 3.38. The molecule has 1 amide bonds. The number of non-ortho nitro benzene ring substituents is 1. The van der Waals surface area contributed by atoms with Gasteiger partial charge in [-0.3, -0.25) is 30.3 Å². The van der Waals surface area contributed by atoms with Crippen LogP contribution in [0.15, 0.2) is 84.5 Å². The first kappa shape index (κ1) is 26.2. The van der Waals surface area contributed by atoms with E-state index in [9.17, 15) is 14.9 Å². The van der Waals surface area contributed by atoms with Crippen molar-refractivity contribution >= 4 is 29.1 Å². The van der Waals surface area contributed by atoms with Crippen LogP contribution in [0.4, 0.5) is 5.69 Å². The predicted octanol–water partition coefficient (Wildman–Crippen LogP) is 4.24. The van der Waals surface area contributed by atoms with Gasteiger partial charge in [-0.2, -0.15) is 0 Å². The zero-order chi connectivity index (χ0) is 27.1. The second-order valence-electron chi connectivity index (χ2n) is 7.79. The molecule has 0 spiro atoms. The van der Waals surface area contributed by atoms with Gasteiger partial charge in [0.2, 0.25) is 5.91 Å². The van der Waals surface area contributed by atoms with Crippen molar-refractivity contribution in [3.63, 3.8) is 0 Å². The van der Waals surface area contributed by atoms with Crippen molar-refractivity contribution in [2.45, 2.75) is 5.16 Å². The topological polar surface area (TPSA) is 133 Å². The van der Waals surface area contributed by atoms with Gasteiger partial charge in [-0.25, -0.2) is 0 Å². The molecule has 0 atom stereocenters. The summed E-state index contributed by atoms with van der Waals surface area (Å²) in [4.78, 5) is 23.1. The van der Waals surface area contributed by atoms with E-state index in [0.29, 0.717) is 33.7 Å². The van der Waals surface area contributed by atoms with Gasteiger partial charge in [-0.15, -0.1) is 10.2 Å². The quantitative estimate of drug-likeness (QED) is 0.165. The Morgan fingerprint density at radius 3 is 2.47 bits per heavy atom. The zero-order valence-electron chi connectivity index (χ0n) is 20.6. The monoisotopic (exact) mass is 532 g/mol. The van der Waals surface area contributed by atoms with E-state index in [-0.39, 0.29) is 17.3 Å². The number of methoxy groups -OCH3 is 2. The molecule has 0 radical (unpaired) electrons. The maximum atomic E-state index is 12.6. The molecule has 38 heavy (non-hydrogen) atoms. The summed E-state index contributed by atoms with van der Waals surface area (Å²) >= 11 is 1.20. The number of nitrogens with one attached hydrogen (secondary N) is 2. The highest BCUT2D eigenvalue weighted by Gasteiger charge is 2.19. The second-order valence-corrected chi connectivity index (χ2v) is 8.74. The maximum absolute atomic E-state index is 12.6. The smallest absolute Gasteiger partial charge is 0.270 e. The van der Waals surface area contributed by atoms with Crippen molar-refractivity contribution in [2.24, 2.45) is 0 Å². The Kier molecular flexibility index (Phi) is 8.23. The lowest BCUT2D eigenvalue weighted by molar-refractivity contribution is -0.384. The zero-order valence-corrected chi connectivity index (χ0v) is 21.4. The molecule has 0 unspecified atom stereocenters. The number of amides is 1. The number of nitrogens with zero attached hydrogens (tertiary/aromatic N) is 4. The summed E-state index contributed by atoms with van der Waals surface area (Å²) in [7, 11) is 3.13. The predicted molar refractivity (Wildman–Crippen MR) is 144 cm³/mol. The summed E-state index contributed by atoms with van der Waals surface area (Å²) in [5.41, 5.74) is 7.56. The molecule has 194 valence electrons. The number of thioether (sulfide) groups is 1. The van der Waals surface area contributed by atoms with Gasteiger partial charge in [0.15, 0.2) is 22.5 Å². The van der Waals surface area contributed by atoms with Gasteiger partial charge >= 0.3 is 0 Å². The minimum absolute atomic E-state index is 0.0200. The van der Waals surface area contributed by atoms with Crippen molar-refractivity contribution in [3.8, 4) is 28.6 Å². The Labute approximate surface area is 222 Å². The third kappa shape index (κ3) is 5.93. The summed E-state index contributed by atoms with van der Waals surface area (Å²) < 4.78 is 12.6. The molecule has 11 nitrogen and oxygen atoms in total. The Morgan fingerprint density at radius 1 is 1.00 bits per heavy atom. The van der Waals surface area contributed by atoms with E-state index in [2.05, 4.69) is 27.6 Å². The maximum Gasteiger partial charge on any atom is 0.270 e. The highest BCUT2D eigenvalue weighted by atomic mass is 32.2. The Bertz CT molecular complexity index is 1470. The molecule has 0 fully saturated rings. The molecule has 12 heteroatoms. The molecule has 0 aliphatic carbocycles. The summed E-state index contributed by atoms with van der Waals surface area (Å²) in [5.74, 6) is 1.38. The SMILES string of the molecule is C=C(NNC(=O)CSc1nnc(-c2ccc(OC)c(OC)c2)n1-c1ccccc1)c1cccc([N+](=O)[O-])c1. The Hall–Kier alpha value is -4.84. The summed E-state index contributed by atoms with van der Waals surface area (Å²) in [6.07, 6.45) is 0. The van der Waals surface area contributed by atoms with E-state index < -0.39 is 4.92 Å². The van der Waals surface area contributed by atoms with Gasteiger partial charge in [0, 0.05) is 28.9 Å². The lowest BCUT2D eigenvalue weighted by Crippen LogP contribution is -2.37. The largest absolute Gasteiger partial charge is 0.493 e. The standard InChI is InChI=1S/C26H24N6O5S/c1-17(18-8-7-11-21(14-18)32(34)35)27-28-24(33)16-38-26-30-29-25(31(26)20-9-5-4-6-10-20)19-12-13-22(36-2)23(15-19)37-3/h4-15,27H,1,16H2,2-3H3,(H,28,33). The van der Waals surface area contributed by atoms with Gasteiger partial charge in [0.1, 0.15) is 0 Å². The summed E-state index contributed by atoms with van der Waals surface area (Å²) in [6.45, 7) is 3.83. The number of hydrazine groups is 1. The Morgan fingerprint density at radius 2 is 1.76 bits per heavy atom. The number of aromatic nitrogens is 3. The van der Waals surface area contributed by atoms with E-state index in [1.807, 2.05) is 47.0 Å². The highest BCUT2D eigenvalue weighted by molar-refractivity contribution is 7.99. The van der Waals surface area contributed by atoms with Crippen molar-refractivity contribution in [1.82, 2.24) is 25.6 Å². The van der Waals surface area contributed by atoms with Crippen LogP contribution >= 0.6 is 11.8 Å². The van der Waals surface area contributed by atoms with Crippen LogP contribution in [0.3, 0.4) is 0 Å². The number of ether oxygens (including phenoxy) is 2. The molecule has 0 aliphatic rings. The first-order valence-corrected chi connectivity index (χ1v) is 12.2. The van der Waals surface area contributed by atoms with Crippen molar-refractivity contribution in [3.05, 3.63) is 95.1 Å². The van der Waals surface area contributed by atoms with Gasteiger partial charge in [0.25, 0.3) is 5.69 Å². The van der Waals surface area contributed by atoms with Crippen LogP contribution in [0.5, 0.6) is 11.5 Å². The molecule has 0 aliphatic heterocycles. The van der Waals surface area contributed by atoms with Crippen LogP contribution < -0.4 is 20.3 Å². The minimum Gasteiger partial charge on any atom is -0.493 e. The van der Waals surface area contributed by atoms with E-state index >= 15 is 0 Å². The number of carbonyl (C=O) groups excluding carboxylic acids is 1. The van der Waals surface area contributed by atoms with Crippen LogP contribution in [0.25, 0.3) is 22.8 Å². The van der Waals surface area contributed by atoms with Crippen molar-refractivity contribution in [1.29, 1.82) is 0 Å². The van der Waals surface area contributed by atoms with Crippen molar-refractivity contribution in [2.75, 3.05) is 20.0 Å². The molecule has 2 N–H and O–H groups in total. The molecule has 4 rings (SSSR count).